The molecule has 0 radical (unpaired) electrons. The number of anilines is 2. The molecule has 2 heterocycles. The summed E-state index contributed by atoms with van der Waals surface area (Å²) in [4.78, 5) is 2.45. The van der Waals surface area contributed by atoms with Gasteiger partial charge in [0.25, 0.3) is 0 Å². The predicted molar refractivity (Wildman–Crippen MR) is 134 cm³/mol. The molecule has 5 aromatic rings. The van der Waals surface area contributed by atoms with Crippen LogP contribution in [-0.4, -0.2) is 4.57 Å². The summed E-state index contributed by atoms with van der Waals surface area (Å²) >= 11 is 0. The maximum Gasteiger partial charge on any atom is 0.0541 e. The summed E-state index contributed by atoms with van der Waals surface area (Å²) in [5, 5.41) is 2.58. The topological polar surface area (TPSA) is 8.17 Å². The van der Waals surface area contributed by atoms with Gasteiger partial charge in [0.15, 0.2) is 0 Å². The summed E-state index contributed by atoms with van der Waals surface area (Å²) in [7, 11) is 0. The highest BCUT2D eigenvalue weighted by Gasteiger charge is 2.34. The number of hydrogen-bond donors (Lipinski definition) is 0. The fourth-order valence-corrected chi connectivity index (χ4v) is 5.52. The average Bonchev–Trinajstić information content (AvgIpc) is 3.37. The number of para-hydroxylation sites is 3. The number of hydrogen-bond acceptors (Lipinski definition) is 1. The molecule has 0 saturated heterocycles. The highest BCUT2D eigenvalue weighted by atomic mass is 15.2. The fourth-order valence-electron chi connectivity index (χ4n) is 5.52. The monoisotopic (exact) mass is 410 g/mol. The minimum absolute atomic E-state index is 0.438. The number of fused-ring (bicyclic) bond motifs is 6. The van der Waals surface area contributed by atoms with Gasteiger partial charge in [0, 0.05) is 39.4 Å². The first kappa shape index (κ1) is 17.6. The Morgan fingerprint density at radius 1 is 0.656 bits per heavy atom. The SMILES string of the molecule is C1=CCC2C(=C1)N(c1cccc(-n3c4ccccc4c4ccccc43)c1)c1ccccc12. The highest BCUT2D eigenvalue weighted by molar-refractivity contribution is 6.09. The van der Waals surface area contributed by atoms with Crippen molar-refractivity contribution >= 4 is 33.2 Å². The van der Waals surface area contributed by atoms with Gasteiger partial charge in [0.1, 0.15) is 0 Å². The van der Waals surface area contributed by atoms with Crippen LogP contribution in [0, 0.1) is 0 Å². The van der Waals surface area contributed by atoms with Crippen LogP contribution in [0.3, 0.4) is 0 Å². The normalized spacial score (nSPS) is 16.9. The Morgan fingerprint density at radius 2 is 1.34 bits per heavy atom. The number of nitrogens with zero attached hydrogens (tertiary/aromatic N) is 2. The van der Waals surface area contributed by atoms with Gasteiger partial charge in [0.2, 0.25) is 0 Å². The summed E-state index contributed by atoms with van der Waals surface area (Å²) in [5.41, 5.74) is 8.97. The Kier molecular flexibility index (Phi) is 3.71. The number of aromatic nitrogens is 1. The first-order valence-electron chi connectivity index (χ1n) is 11.2. The summed E-state index contributed by atoms with van der Waals surface area (Å²) in [6, 6.07) is 35.2. The predicted octanol–water partition coefficient (Wildman–Crippen LogP) is 7.86. The second kappa shape index (κ2) is 6.73. The van der Waals surface area contributed by atoms with E-state index in [0.29, 0.717) is 5.92 Å². The molecule has 1 atom stereocenters. The van der Waals surface area contributed by atoms with E-state index in [4.69, 9.17) is 0 Å². The van der Waals surface area contributed by atoms with E-state index >= 15 is 0 Å². The molecule has 2 nitrogen and oxygen atoms in total. The van der Waals surface area contributed by atoms with Crippen molar-refractivity contribution in [2.45, 2.75) is 12.3 Å². The highest BCUT2D eigenvalue weighted by Crippen LogP contribution is 2.50. The van der Waals surface area contributed by atoms with Crippen LogP contribution in [0.1, 0.15) is 17.9 Å². The third-order valence-electron chi connectivity index (χ3n) is 6.87. The molecule has 152 valence electrons. The van der Waals surface area contributed by atoms with Crippen molar-refractivity contribution in [1.29, 1.82) is 0 Å². The van der Waals surface area contributed by atoms with Gasteiger partial charge in [-0.25, -0.2) is 0 Å². The van der Waals surface area contributed by atoms with Crippen LogP contribution in [0.25, 0.3) is 27.5 Å². The minimum atomic E-state index is 0.438. The summed E-state index contributed by atoms with van der Waals surface area (Å²) < 4.78 is 2.39. The summed E-state index contributed by atoms with van der Waals surface area (Å²) in [6.45, 7) is 0. The van der Waals surface area contributed by atoms with Gasteiger partial charge in [-0.3, -0.25) is 0 Å². The zero-order valence-electron chi connectivity index (χ0n) is 17.6. The first-order chi connectivity index (χ1) is 15.9. The van der Waals surface area contributed by atoms with Gasteiger partial charge in [-0.05, 0) is 54.5 Å². The van der Waals surface area contributed by atoms with Crippen molar-refractivity contribution in [3.63, 3.8) is 0 Å². The van der Waals surface area contributed by atoms with E-state index < -0.39 is 0 Å². The maximum atomic E-state index is 2.45. The third-order valence-corrected chi connectivity index (χ3v) is 6.87. The van der Waals surface area contributed by atoms with Crippen LogP contribution in [0.4, 0.5) is 11.4 Å². The molecule has 0 bridgehead atoms. The third kappa shape index (κ3) is 2.41. The van der Waals surface area contributed by atoms with Crippen LogP contribution in [0.15, 0.2) is 121 Å². The molecular formula is C30H22N2. The largest absolute Gasteiger partial charge is 0.313 e. The lowest BCUT2D eigenvalue weighted by atomic mass is 9.92. The van der Waals surface area contributed by atoms with Crippen molar-refractivity contribution in [3.8, 4) is 5.69 Å². The van der Waals surface area contributed by atoms with Gasteiger partial charge >= 0.3 is 0 Å². The summed E-state index contributed by atoms with van der Waals surface area (Å²) in [5.74, 6) is 0.438. The Morgan fingerprint density at radius 3 is 2.16 bits per heavy atom. The maximum absolute atomic E-state index is 2.45. The Bertz CT molecular complexity index is 1510. The second-order valence-electron chi connectivity index (χ2n) is 8.59. The van der Waals surface area contributed by atoms with Crippen LogP contribution in [-0.2, 0) is 0 Å². The van der Waals surface area contributed by atoms with E-state index in [1.54, 1.807) is 0 Å². The standard InChI is InChI=1S/C30H22N2/c1-5-16-27-23(12-1)24-13-2-6-17-28(24)31(27)21-10-9-11-22(20-21)32-29-18-7-3-14-25(29)26-15-4-8-19-30(26)32/h1-14,16-20,26H,15H2. The lowest BCUT2D eigenvalue weighted by Crippen LogP contribution is -2.14. The van der Waals surface area contributed by atoms with E-state index in [2.05, 4.69) is 125 Å². The van der Waals surface area contributed by atoms with Gasteiger partial charge in [-0.1, -0.05) is 72.8 Å². The quantitative estimate of drug-likeness (QED) is 0.287. The molecular weight excluding hydrogens is 388 g/mol. The Hall–Kier alpha value is -4.04. The Balaban J connectivity index is 1.46. The molecule has 0 saturated carbocycles. The Labute approximate surface area is 187 Å². The zero-order chi connectivity index (χ0) is 21.1. The molecule has 2 aliphatic rings. The molecule has 1 unspecified atom stereocenters. The average molecular weight is 411 g/mol. The molecule has 4 aromatic carbocycles. The molecule has 32 heavy (non-hydrogen) atoms. The zero-order valence-corrected chi connectivity index (χ0v) is 17.6. The van der Waals surface area contributed by atoms with Crippen molar-refractivity contribution in [1.82, 2.24) is 4.57 Å². The molecule has 0 fully saturated rings. The van der Waals surface area contributed by atoms with E-state index in [1.807, 2.05) is 0 Å². The molecule has 0 spiro atoms. The minimum Gasteiger partial charge on any atom is -0.313 e. The molecule has 0 amide bonds. The first-order valence-corrected chi connectivity index (χ1v) is 11.2. The van der Waals surface area contributed by atoms with E-state index in [0.717, 1.165) is 6.42 Å². The van der Waals surface area contributed by atoms with E-state index in [-0.39, 0.29) is 0 Å². The molecule has 7 rings (SSSR count). The molecule has 2 heteroatoms. The number of rotatable bonds is 2. The molecule has 1 aromatic heterocycles. The molecule has 1 aliphatic heterocycles. The summed E-state index contributed by atoms with van der Waals surface area (Å²) in [6.07, 6.45) is 7.82. The molecule has 1 aliphatic carbocycles. The van der Waals surface area contributed by atoms with Crippen molar-refractivity contribution < 1.29 is 0 Å². The van der Waals surface area contributed by atoms with E-state index in [9.17, 15) is 0 Å². The smallest absolute Gasteiger partial charge is 0.0541 e. The molecule has 0 N–H and O–H groups in total. The lowest BCUT2D eigenvalue weighted by molar-refractivity contribution is 0.819. The van der Waals surface area contributed by atoms with Gasteiger partial charge in [-0.2, -0.15) is 0 Å². The number of allylic oxidation sites excluding steroid dienone is 4. The van der Waals surface area contributed by atoms with Crippen molar-refractivity contribution in [3.05, 3.63) is 127 Å². The van der Waals surface area contributed by atoms with Gasteiger partial charge in [0.05, 0.1) is 11.0 Å². The fraction of sp³-hybridized carbons (Fsp3) is 0.0667. The van der Waals surface area contributed by atoms with Crippen LogP contribution in [0.5, 0.6) is 0 Å². The van der Waals surface area contributed by atoms with E-state index in [1.165, 1.54) is 50.1 Å². The van der Waals surface area contributed by atoms with Crippen molar-refractivity contribution in [2.24, 2.45) is 0 Å². The lowest BCUT2D eigenvalue weighted by Gasteiger charge is -2.25. The number of benzene rings is 4. The van der Waals surface area contributed by atoms with Crippen LogP contribution in [0.2, 0.25) is 0 Å². The van der Waals surface area contributed by atoms with Gasteiger partial charge in [-0.15, -0.1) is 0 Å². The van der Waals surface area contributed by atoms with Gasteiger partial charge < -0.3 is 9.47 Å². The second-order valence-corrected chi connectivity index (χ2v) is 8.59. The van der Waals surface area contributed by atoms with Crippen LogP contribution >= 0.6 is 0 Å². The van der Waals surface area contributed by atoms with Crippen molar-refractivity contribution in [2.75, 3.05) is 4.90 Å². The van der Waals surface area contributed by atoms with Crippen LogP contribution < -0.4 is 4.90 Å².